The molecule has 8 nitrogen and oxygen atoms in total. The normalized spacial score (nSPS) is 12.8. The number of ether oxygens (including phenoxy) is 1. The van der Waals surface area contributed by atoms with Crippen molar-refractivity contribution < 1.29 is 32.0 Å². The Morgan fingerprint density at radius 3 is 2.50 bits per heavy atom. The van der Waals surface area contributed by atoms with Gasteiger partial charge in [-0.1, -0.05) is 35.2 Å². The van der Waals surface area contributed by atoms with E-state index in [1.165, 1.54) is 12.1 Å². The molecule has 0 bridgehead atoms. The van der Waals surface area contributed by atoms with E-state index in [0.717, 1.165) is 0 Å². The minimum atomic E-state index is -4.75. The summed E-state index contributed by atoms with van der Waals surface area (Å²) in [6, 6.07) is 16.0. The van der Waals surface area contributed by atoms with E-state index in [9.17, 15) is 17.8 Å². The average Bonchev–Trinajstić information content (AvgIpc) is 2.74. The Morgan fingerprint density at radius 2 is 1.79 bits per heavy atom. The first-order valence-electron chi connectivity index (χ1n) is 10.2. The monoisotopic (exact) mass is 500 g/mol. The minimum absolute atomic E-state index is 0.248. The summed E-state index contributed by atoms with van der Waals surface area (Å²) in [6.07, 6.45) is -0.662. The Balaban J connectivity index is 1.95. The van der Waals surface area contributed by atoms with Crippen LogP contribution in [0.1, 0.15) is 20.8 Å². The molecular formula is C24H21ClN2O6S. The molecule has 0 spiro atoms. The molecule has 2 aromatic rings. The van der Waals surface area contributed by atoms with Gasteiger partial charge in [-0.15, -0.1) is 5.10 Å². The Hall–Kier alpha value is -3.40. The second kappa shape index (κ2) is 8.75. The molecule has 34 heavy (non-hydrogen) atoms. The van der Waals surface area contributed by atoms with Gasteiger partial charge in [0.05, 0.1) is 11.0 Å². The van der Waals surface area contributed by atoms with Crippen LogP contribution < -0.4 is 15.9 Å². The predicted molar refractivity (Wildman–Crippen MR) is 125 cm³/mol. The molecule has 0 radical (unpaired) electrons. The van der Waals surface area contributed by atoms with Crippen LogP contribution in [-0.2, 0) is 14.9 Å². The van der Waals surface area contributed by atoms with E-state index in [4.69, 9.17) is 20.8 Å². The van der Waals surface area contributed by atoms with Crippen LogP contribution in [0, 0.1) is 0 Å². The zero-order valence-corrected chi connectivity index (χ0v) is 20.1. The van der Waals surface area contributed by atoms with E-state index in [-0.39, 0.29) is 10.5 Å². The fourth-order valence-corrected chi connectivity index (χ4v) is 4.40. The van der Waals surface area contributed by atoms with Crippen LogP contribution in [0.3, 0.4) is 0 Å². The van der Waals surface area contributed by atoms with Crippen molar-refractivity contribution in [2.75, 3.05) is 0 Å². The van der Waals surface area contributed by atoms with Crippen LogP contribution in [-0.4, -0.2) is 24.7 Å². The third kappa shape index (κ3) is 5.06. The Kier molecular flexibility index (Phi) is 6.11. The molecule has 176 valence electrons. The predicted octanol–water partition coefficient (Wildman–Crippen LogP) is 3.18. The van der Waals surface area contributed by atoms with Crippen molar-refractivity contribution in [1.82, 2.24) is 5.43 Å². The summed E-state index contributed by atoms with van der Waals surface area (Å²) in [5, 5.41) is 4.25. The van der Waals surface area contributed by atoms with Crippen molar-refractivity contribution in [1.29, 1.82) is 0 Å². The Morgan fingerprint density at radius 1 is 1.06 bits per heavy atom. The Labute approximate surface area is 200 Å². The maximum Gasteiger partial charge on any atom is 0.461 e. The average molecular weight is 501 g/mol. The molecule has 0 aromatic heterocycles. The van der Waals surface area contributed by atoms with Gasteiger partial charge in [0, 0.05) is 39.2 Å². The quantitative estimate of drug-likeness (QED) is 0.253. The molecule has 2 aromatic carbocycles. The lowest BCUT2D eigenvalue weighted by molar-refractivity contribution is -0.552. The van der Waals surface area contributed by atoms with Gasteiger partial charge in [-0.2, -0.15) is 0 Å². The highest BCUT2D eigenvalue weighted by Crippen LogP contribution is 2.42. The number of carbonyl (C=O) groups excluding carboxylic acids is 1. The third-order valence-corrected chi connectivity index (χ3v) is 5.95. The number of halogens is 1. The largest absolute Gasteiger partial charge is 0.744 e. The number of rotatable bonds is 3. The molecule has 4 rings (SSSR count). The van der Waals surface area contributed by atoms with Gasteiger partial charge in [-0.05, 0) is 45.0 Å². The van der Waals surface area contributed by atoms with Crippen molar-refractivity contribution in [2.45, 2.75) is 31.3 Å². The zero-order chi connectivity index (χ0) is 24.7. The first-order valence-corrected chi connectivity index (χ1v) is 12.0. The fourth-order valence-electron chi connectivity index (χ4n) is 3.55. The summed E-state index contributed by atoms with van der Waals surface area (Å²) in [7, 11) is -4.75. The molecule has 0 saturated carbocycles. The van der Waals surface area contributed by atoms with Crippen molar-refractivity contribution in [3.63, 3.8) is 0 Å². The van der Waals surface area contributed by atoms with Gasteiger partial charge in [-0.25, -0.2) is 13.2 Å². The maximum absolute atomic E-state index is 12.0. The highest BCUT2D eigenvalue weighted by Gasteiger charge is 2.22. The molecule has 1 aliphatic heterocycles. The van der Waals surface area contributed by atoms with Crippen LogP contribution in [0.25, 0.3) is 33.4 Å². The van der Waals surface area contributed by atoms with Crippen molar-refractivity contribution in [3.05, 3.63) is 71.0 Å². The van der Waals surface area contributed by atoms with Crippen molar-refractivity contribution >= 4 is 38.8 Å². The summed E-state index contributed by atoms with van der Waals surface area (Å²) in [5.41, 5.74) is 3.50. The lowest BCUT2D eigenvalue weighted by Crippen LogP contribution is -2.87. The SMILES string of the molecule is CC(C)(C)OC(=O)N[NH+]=c1ccc2c(-c3ccccc3S(=O)(=O)[O-])c3ccc(Cl)cc3oc-2c1. The number of carbonyl (C=O) groups is 1. The number of hydrogen-bond donors (Lipinski definition) is 2. The summed E-state index contributed by atoms with van der Waals surface area (Å²) in [5.74, 6) is 0.374. The molecule has 1 amide bonds. The zero-order valence-electron chi connectivity index (χ0n) is 18.5. The van der Waals surface area contributed by atoms with E-state index in [0.29, 0.717) is 38.2 Å². The molecule has 2 aliphatic rings. The summed E-state index contributed by atoms with van der Waals surface area (Å²) in [4.78, 5) is 11.6. The molecular weight excluding hydrogens is 480 g/mol. The summed E-state index contributed by atoms with van der Waals surface area (Å²) in [6.45, 7) is 5.25. The highest BCUT2D eigenvalue weighted by molar-refractivity contribution is 7.85. The maximum atomic E-state index is 12.0. The molecule has 0 fully saturated rings. The van der Waals surface area contributed by atoms with Crippen molar-refractivity contribution in [3.8, 4) is 22.5 Å². The highest BCUT2D eigenvalue weighted by atomic mass is 35.5. The molecule has 1 heterocycles. The smallest absolute Gasteiger partial charge is 0.461 e. The summed E-state index contributed by atoms with van der Waals surface area (Å²) < 4.78 is 47.2. The number of fused-ring (bicyclic) bond motifs is 2. The molecule has 0 atom stereocenters. The lowest BCUT2D eigenvalue weighted by atomic mass is 9.94. The van der Waals surface area contributed by atoms with E-state index >= 15 is 0 Å². The number of hydrazine groups is 1. The fraction of sp³-hybridized carbons (Fsp3) is 0.167. The van der Waals surface area contributed by atoms with E-state index < -0.39 is 21.8 Å². The number of nitrogens with one attached hydrogen (secondary N) is 2. The van der Waals surface area contributed by atoms with Gasteiger partial charge < -0.3 is 13.7 Å². The van der Waals surface area contributed by atoms with E-state index in [1.807, 2.05) is 0 Å². The van der Waals surface area contributed by atoms with E-state index in [1.54, 1.807) is 69.3 Å². The second-order valence-corrected chi connectivity index (χ2v) is 10.3. The lowest BCUT2D eigenvalue weighted by Gasteiger charge is -2.19. The van der Waals surface area contributed by atoms with Gasteiger partial charge in [0.1, 0.15) is 27.1 Å². The molecule has 1 aliphatic carbocycles. The van der Waals surface area contributed by atoms with Gasteiger partial charge >= 0.3 is 6.09 Å². The van der Waals surface area contributed by atoms with Crippen LogP contribution in [0.15, 0.2) is 70.0 Å². The van der Waals surface area contributed by atoms with Gasteiger partial charge in [0.2, 0.25) is 5.36 Å². The number of hydrogen-bond acceptors (Lipinski definition) is 6. The van der Waals surface area contributed by atoms with E-state index in [2.05, 4.69) is 10.5 Å². The van der Waals surface area contributed by atoms with Gasteiger partial charge in [-0.3, -0.25) is 0 Å². The van der Waals surface area contributed by atoms with Crippen LogP contribution >= 0.6 is 11.6 Å². The molecule has 0 saturated heterocycles. The molecule has 10 heteroatoms. The topological polar surface area (TPSA) is 123 Å². The first-order chi connectivity index (χ1) is 15.9. The Bertz CT molecular complexity index is 1550. The van der Waals surface area contributed by atoms with Gasteiger partial charge in [0.25, 0.3) is 0 Å². The van der Waals surface area contributed by atoms with Crippen LogP contribution in [0.2, 0.25) is 5.02 Å². The minimum Gasteiger partial charge on any atom is -0.744 e. The third-order valence-electron chi connectivity index (χ3n) is 4.82. The standard InChI is InChI=1S/C24H21ClN2O6S/c1-24(2,3)33-23(28)27-26-15-9-11-17-20(13-15)32-19-12-14(25)8-10-16(19)22(17)18-6-4-5-7-21(18)34(29,30)31/h4-13H,1-3H3,(H,27,28)(H,29,30,31). The second-order valence-electron chi connectivity index (χ2n) is 8.53. The number of benzene rings is 3. The van der Waals surface area contributed by atoms with Gasteiger partial charge in [0.15, 0.2) is 0 Å². The number of amides is 1. The summed E-state index contributed by atoms with van der Waals surface area (Å²) >= 11 is 6.16. The molecule has 0 unspecified atom stereocenters. The first kappa shape index (κ1) is 23.7. The van der Waals surface area contributed by atoms with Crippen LogP contribution in [0.5, 0.6) is 0 Å². The van der Waals surface area contributed by atoms with Crippen molar-refractivity contribution in [2.24, 2.45) is 0 Å². The molecule has 2 N–H and O–H groups in total. The van der Waals surface area contributed by atoms with Crippen LogP contribution in [0.4, 0.5) is 4.79 Å².